The van der Waals surface area contributed by atoms with E-state index in [1.54, 1.807) is 13.8 Å². The number of aromatic nitrogens is 1. The molecule has 0 spiro atoms. The van der Waals surface area contributed by atoms with Crippen molar-refractivity contribution < 1.29 is 51.2 Å². The summed E-state index contributed by atoms with van der Waals surface area (Å²) in [5.74, 6) is -2.05. The van der Waals surface area contributed by atoms with Gasteiger partial charge in [0.05, 0.1) is 37.6 Å². The van der Waals surface area contributed by atoms with E-state index in [0.29, 0.717) is 73.6 Å². The van der Waals surface area contributed by atoms with Gasteiger partial charge in [-0.2, -0.15) is 0 Å². The van der Waals surface area contributed by atoms with Gasteiger partial charge in [0, 0.05) is 31.0 Å². The minimum Gasteiger partial charge on any atom is -0.466 e. The molecule has 10 nitrogen and oxygen atoms in total. The van der Waals surface area contributed by atoms with Crippen LogP contribution in [0.25, 0.3) is 91.8 Å². The van der Waals surface area contributed by atoms with Gasteiger partial charge < -0.3 is 36.5 Å². The van der Waals surface area contributed by atoms with Crippen LogP contribution in [-0.4, -0.2) is 72.0 Å². The molecule has 12 aromatic rings. The number of halogens is 2. The summed E-state index contributed by atoms with van der Waals surface area (Å²) < 4.78 is 60.2. The Balaban J connectivity index is 0.584. The second-order valence-electron chi connectivity index (χ2n) is 25.1. The molecule has 0 bridgehead atoms. The third kappa shape index (κ3) is 10.0. The van der Waals surface area contributed by atoms with Gasteiger partial charge in [0.1, 0.15) is 11.3 Å². The lowest BCUT2D eigenvalue weighted by Gasteiger charge is -2.34. The number of hydrogen-bond donors (Lipinski definition) is 0. The Morgan fingerprint density at radius 1 is 0.446 bits per heavy atom. The number of carbonyl (C=O) groups excluding carboxylic acids is 4. The first-order valence-corrected chi connectivity index (χ1v) is 32.3. The molecule has 14 rings (SSSR count). The molecule has 13 heteroatoms. The first-order valence-electron chi connectivity index (χ1n) is 32.3. The van der Waals surface area contributed by atoms with Gasteiger partial charge in [-0.25, -0.2) is 9.59 Å². The van der Waals surface area contributed by atoms with Gasteiger partial charge in [-0.3, -0.25) is 9.59 Å². The number of carbonyl (C=O) groups is 4. The van der Waals surface area contributed by atoms with Crippen molar-refractivity contribution in [2.24, 2.45) is 0 Å². The molecule has 11 aromatic carbocycles. The van der Waals surface area contributed by atoms with Crippen molar-refractivity contribution in [2.45, 2.75) is 106 Å². The van der Waals surface area contributed by atoms with Crippen molar-refractivity contribution >= 4 is 128 Å². The number of ether oxygens (including phenoxy) is 4. The van der Waals surface area contributed by atoms with Crippen molar-refractivity contribution in [1.29, 1.82) is 0 Å². The van der Waals surface area contributed by atoms with Gasteiger partial charge in [0.2, 0.25) is 0 Å². The summed E-state index contributed by atoms with van der Waals surface area (Å²) in [6.45, 7) is 5.81. The Kier molecular flexibility index (Phi) is 15.7. The molecule has 1 aromatic heterocycles. The van der Waals surface area contributed by atoms with Crippen molar-refractivity contribution in [3.63, 3.8) is 0 Å². The van der Waals surface area contributed by atoms with Crippen molar-refractivity contribution in [1.82, 2.24) is 4.48 Å². The number of nitrogens with zero attached hydrogens (tertiary/aromatic N) is 2. The molecule has 0 unspecified atom stereocenters. The topological polar surface area (TPSA) is 113 Å². The van der Waals surface area contributed by atoms with Crippen LogP contribution in [-0.2, 0) is 46.2 Å². The van der Waals surface area contributed by atoms with E-state index in [4.69, 9.17) is 18.9 Å². The lowest BCUT2D eigenvalue weighted by Crippen LogP contribution is -2.52. The number of rotatable bonds is 21. The van der Waals surface area contributed by atoms with E-state index in [-0.39, 0.29) is 85.1 Å². The molecule has 2 aliphatic heterocycles. The fourth-order valence-electron chi connectivity index (χ4n) is 15.5. The van der Waals surface area contributed by atoms with Crippen LogP contribution in [0.15, 0.2) is 169 Å². The fraction of sp³-hybridized carbons (Fsp3) is 0.253. The highest BCUT2D eigenvalue weighted by Crippen LogP contribution is 2.49. The average Bonchev–Trinajstić information content (AvgIpc) is 1.47. The molecule has 92 heavy (non-hydrogen) atoms. The van der Waals surface area contributed by atoms with E-state index in [2.05, 4.69) is 133 Å². The molecule has 0 fully saturated rings. The van der Waals surface area contributed by atoms with Gasteiger partial charge >= 0.3 is 30.8 Å². The van der Waals surface area contributed by atoms with Crippen LogP contribution in [0, 0.1) is 27.7 Å². The summed E-state index contributed by atoms with van der Waals surface area (Å²) in [6, 6.07) is 53.4. The number of unbranched alkanes of at least 4 members (excludes halogenated alkanes) is 2. The Hall–Kier alpha value is -9.75. The molecule has 0 aliphatic carbocycles. The molecule has 3 heterocycles. The summed E-state index contributed by atoms with van der Waals surface area (Å²) in [6.07, 6.45) is 4.86. The summed E-state index contributed by atoms with van der Waals surface area (Å²) in [5, 5.41) is 19.7. The fourth-order valence-corrected chi connectivity index (χ4v) is 15.5. The predicted octanol–water partition coefficient (Wildman–Crippen LogP) is 18.0. The predicted molar refractivity (Wildman–Crippen MR) is 366 cm³/mol. The Morgan fingerprint density at radius 3 is 1.30 bits per heavy atom. The molecule has 0 N–H and O–H groups in total. The van der Waals surface area contributed by atoms with Gasteiger partial charge in [-0.05, 0) is 211 Å². The van der Waals surface area contributed by atoms with Crippen molar-refractivity contribution in [2.75, 3.05) is 26.4 Å². The Labute approximate surface area is 532 Å². The zero-order valence-corrected chi connectivity index (χ0v) is 52.8. The average molecular weight is 1230 g/mol. The van der Waals surface area contributed by atoms with Gasteiger partial charge in [0.25, 0.3) is 0 Å². The SMILES string of the molecule is CC1=C(C(=O)OCCCCOC(=O)CCCc2ccc3c4cccc5cccc(c6cccc2c63)c54)C(C)=[N+]2C1=C(c1c(C)cccc1C)c1c(C)c(C(=O)OCCCCOC(=O)CCCc3ccc4c5cccc6cccc(c7cccc3c74)c65)c(C)n1[B-]2(F)F. The maximum absolute atomic E-state index is 17.7. The number of hydrogen-bond acceptors (Lipinski definition) is 8. The molecule has 462 valence electrons. The van der Waals surface area contributed by atoms with Crippen LogP contribution in [0.2, 0.25) is 0 Å². The van der Waals surface area contributed by atoms with Crippen LogP contribution in [0.4, 0.5) is 8.63 Å². The first-order chi connectivity index (χ1) is 44.6. The highest BCUT2D eigenvalue weighted by molar-refractivity contribution is 6.59. The second-order valence-corrected chi connectivity index (χ2v) is 25.1. The highest BCUT2D eigenvalue weighted by Gasteiger charge is 2.58. The summed E-state index contributed by atoms with van der Waals surface area (Å²) in [7, 11) is 0. The van der Waals surface area contributed by atoms with Crippen LogP contribution < -0.4 is 0 Å². The van der Waals surface area contributed by atoms with Crippen LogP contribution in [0.1, 0.15) is 120 Å². The summed E-state index contributed by atoms with van der Waals surface area (Å²) in [4.78, 5) is 54.2. The Bertz CT molecular complexity index is 5030. The van der Waals surface area contributed by atoms with E-state index in [1.807, 2.05) is 32.0 Å². The van der Waals surface area contributed by atoms with E-state index in [1.165, 1.54) is 111 Å². The van der Waals surface area contributed by atoms with Crippen LogP contribution >= 0.6 is 0 Å². The van der Waals surface area contributed by atoms with E-state index >= 15 is 8.63 Å². The van der Waals surface area contributed by atoms with Gasteiger partial charge in [0.15, 0.2) is 5.70 Å². The van der Waals surface area contributed by atoms with Crippen LogP contribution in [0.5, 0.6) is 0 Å². The number of esters is 4. The van der Waals surface area contributed by atoms with Crippen molar-refractivity contribution in [3.8, 4) is 0 Å². The second kappa shape index (κ2) is 24.1. The lowest BCUT2D eigenvalue weighted by atomic mass is 9.81. The standard InChI is InChI=1S/C79H71BF2N2O8/c1-46-20-11-21-47(2)68(46)75-76-48(3)69(78(87)91-44-9-7-42-89-66(85)36-16-22-52-38-40-64-60-32-14-26-54-24-12-30-58(71(54)60)62-34-18-28-56(52)73(62)64)50(5)83(76)80(81,82)84-51(6)70(49(4)77(75)84)79(88)92-45-10-8-43-90-67(86)37-17-23-53-39-41-65-61-33-15-27-55-25-13-31-59(72(55)61)63-35-19-29-57(53)74(63)65/h11-15,18-21,24-35,38-41H,7-10,16-17,22-23,36-37,42-45H2,1-6H3. The summed E-state index contributed by atoms with van der Waals surface area (Å²) in [5.41, 5.74) is 6.45. The first kappa shape index (κ1) is 59.9. The molecule has 2 aliphatic rings. The maximum atomic E-state index is 17.7. The molecular weight excluding hydrogens is 1150 g/mol. The number of allylic oxidation sites excluding steroid dienone is 1. The van der Waals surface area contributed by atoms with Crippen molar-refractivity contribution in [3.05, 3.63) is 219 Å². The minimum atomic E-state index is -4.68. The molecule has 0 saturated carbocycles. The Morgan fingerprint density at radius 2 is 0.837 bits per heavy atom. The third-order valence-corrected chi connectivity index (χ3v) is 19.6. The number of benzene rings is 11. The zero-order chi connectivity index (χ0) is 63.7. The smallest absolute Gasteiger partial charge is 0.466 e. The van der Waals surface area contributed by atoms with E-state index in [9.17, 15) is 19.2 Å². The molecule has 0 saturated heterocycles. The molecule has 0 radical (unpaired) electrons. The zero-order valence-electron chi connectivity index (χ0n) is 52.8. The van der Waals surface area contributed by atoms with E-state index < -0.39 is 18.9 Å². The molecular formula is C79H71BF2N2O8. The maximum Gasteiger partial charge on any atom is 0.737 e. The quantitative estimate of drug-likeness (QED) is 0.0175. The van der Waals surface area contributed by atoms with Gasteiger partial charge in [-0.1, -0.05) is 152 Å². The largest absolute Gasteiger partial charge is 0.737 e. The van der Waals surface area contributed by atoms with Gasteiger partial charge in [-0.15, -0.1) is 0 Å². The monoisotopic (exact) mass is 1220 g/mol. The third-order valence-electron chi connectivity index (χ3n) is 19.6. The molecule has 0 atom stereocenters. The van der Waals surface area contributed by atoms with E-state index in [0.717, 1.165) is 20.1 Å². The highest BCUT2D eigenvalue weighted by atomic mass is 19.2. The van der Waals surface area contributed by atoms with Crippen LogP contribution in [0.3, 0.4) is 0 Å². The number of fused-ring (bicyclic) bond motifs is 6. The normalized spacial score (nSPS) is 14.0. The molecule has 0 amide bonds. The number of aryl methyl sites for hydroxylation is 4. The lowest BCUT2D eigenvalue weighted by molar-refractivity contribution is -0.363. The minimum absolute atomic E-state index is 0.00683. The summed E-state index contributed by atoms with van der Waals surface area (Å²) >= 11 is 0.